The highest BCUT2D eigenvalue weighted by Crippen LogP contribution is 2.26. The summed E-state index contributed by atoms with van der Waals surface area (Å²) in [6.45, 7) is 9.62. The average molecular weight is 350 g/mol. The van der Waals surface area contributed by atoms with Crippen molar-refractivity contribution in [2.75, 3.05) is 5.32 Å². The standard InChI is InChI=1S/C17H20ClN3OS/c1-9-11(3)19-17(20-12(9)4)23-13(5)16(22)21-15-8-6-7-14(18)10(15)2/h6-8,13H,1-5H3,(H,21,22)/t13-/m0/s1. The number of anilines is 1. The molecule has 6 heteroatoms. The van der Waals surface area contributed by atoms with Gasteiger partial charge in [-0.1, -0.05) is 29.4 Å². The lowest BCUT2D eigenvalue weighted by atomic mass is 10.2. The van der Waals surface area contributed by atoms with Crippen molar-refractivity contribution in [3.05, 3.63) is 45.7 Å². The molecule has 1 aromatic carbocycles. The first-order valence-corrected chi connectivity index (χ1v) is 8.60. The maximum atomic E-state index is 12.4. The van der Waals surface area contributed by atoms with Crippen molar-refractivity contribution < 1.29 is 4.79 Å². The van der Waals surface area contributed by atoms with Gasteiger partial charge in [-0.25, -0.2) is 9.97 Å². The molecule has 1 amide bonds. The molecule has 0 spiro atoms. The van der Waals surface area contributed by atoms with Crippen LogP contribution in [-0.4, -0.2) is 21.1 Å². The van der Waals surface area contributed by atoms with E-state index >= 15 is 0 Å². The zero-order valence-corrected chi connectivity index (χ0v) is 15.5. The number of thioether (sulfide) groups is 1. The minimum absolute atomic E-state index is 0.0974. The number of carbonyl (C=O) groups excluding carboxylic acids is 1. The molecule has 0 aliphatic rings. The molecule has 2 rings (SSSR count). The number of benzene rings is 1. The van der Waals surface area contributed by atoms with Gasteiger partial charge in [0.05, 0.1) is 5.25 Å². The Morgan fingerprint density at radius 3 is 2.35 bits per heavy atom. The van der Waals surface area contributed by atoms with E-state index in [1.54, 1.807) is 6.07 Å². The summed E-state index contributed by atoms with van der Waals surface area (Å²) in [6, 6.07) is 5.46. The van der Waals surface area contributed by atoms with Crippen LogP contribution in [0.1, 0.15) is 29.4 Å². The fraction of sp³-hybridized carbons (Fsp3) is 0.353. The van der Waals surface area contributed by atoms with Gasteiger partial charge in [0, 0.05) is 22.1 Å². The third kappa shape index (κ3) is 4.24. The third-order valence-electron chi connectivity index (χ3n) is 3.79. The van der Waals surface area contributed by atoms with E-state index in [1.165, 1.54) is 11.8 Å². The highest BCUT2D eigenvalue weighted by Gasteiger charge is 2.18. The number of aromatic nitrogens is 2. The van der Waals surface area contributed by atoms with Crippen molar-refractivity contribution >= 4 is 35.0 Å². The summed E-state index contributed by atoms with van der Waals surface area (Å²) in [4.78, 5) is 21.3. The van der Waals surface area contributed by atoms with E-state index in [0.29, 0.717) is 10.2 Å². The summed E-state index contributed by atoms with van der Waals surface area (Å²) in [7, 11) is 0. The van der Waals surface area contributed by atoms with Gasteiger partial charge in [-0.3, -0.25) is 4.79 Å². The molecule has 0 saturated heterocycles. The Labute approximate surface area is 146 Å². The largest absolute Gasteiger partial charge is 0.325 e. The van der Waals surface area contributed by atoms with Crippen LogP contribution in [0.3, 0.4) is 0 Å². The Balaban J connectivity index is 2.10. The van der Waals surface area contributed by atoms with Crippen molar-refractivity contribution in [3.63, 3.8) is 0 Å². The molecule has 0 aliphatic carbocycles. The van der Waals surface area contributed by atoms with Gasteiger partial charge in [-0.15, -0.1) is 0 Å². The number of nitrogens with one attached hydrogen (secondary N) is 1. The number of rotatable bonds is 4. The zero-order chi connectivity index (χ0) is 17.1. The SMILES string of the molecule is Cc1nc(S[C@@H](C)C(=O)Nc2cccc(Cl)c2C)nc(C)c1C. The van der Waals surface area contributed by atoms with Gasteiger partial charge < -0.3 is 5.32 Å². The molecule has 122 valence electrons. The van der Waals surface area contributed by atoms with E-state index < -0.39 is 0 Å². The van der Waals surface area contributed by atoms with Crippen LogP contribution in [0, 0.1) is 27.7 Å². The molecule has 0 bridgehead atoms. The molecular weight excluding hydrogens is 330 g/mol. The monoisotopic (exact) mass is 349 g/mol. The van der Waals surface area contributed by atoms with E-state index in [-0.39, 0.29) is 11.2 Å². The maximum Gasteiger partial charge on any atom is 0.237 e. The lowest BCUT2D eigenvalue weighted by Gasteiger charge is -2.14. The van der Waals surface area contributed by atoms with E-state index in [9.17, 15) is 4.79 Å². The number of hydrogen-bond donors (Lipinski definition) is 1. The molecule has 1 atom stereocenters. The van der Waals surface area contributed by atoms with Crippen LogP contribution in [-0.2, 0) is 4.79 Å². The van der Waals surface area contributed by atoms with Crippen LogP contribution in [0.15, 0.2) is 23.4 Å². The van der Waals surface area contributed by atoms with Crippen LogP contribution in [0.4, 0.5) is 5.69 Å². The van der Waals surface area contributed by atoms with E-state index in [1.807, 2.05) is 46.8 Å². The number of nitrogens with zero attached hydrogens (tertiary/aromatic N) is 2. The summed E-state index contributed by atoms with van der Waals surface area (Å²) < 4.78 is 0. The number of aryl methyl sites for hydroxylation is 2. The lowest BCUT2D eigenvalue weighted by molar-refractivity contribution is -0.115. The zero-order valence-electron chi connectivity index (χ0n) is 13.9. The Bertz CT molecular complexity index is 726. The first-order valence-electron chi connectivity index (χ1n) is 7.34. The summed E-state index contributed by atoms with van der Waals surface area (Å²) in [5, 5.41) is 3.86. The first-order chi connectivity index (χ1) is 10.8. The van der Waals surface area contributed by atoms with Crippen LogP contribution in [0.5, 0.6) is 0 Å². The fourth-order valence-corrected chi connectivity index (χ4v) is 3.02. The van der Waals surface area contributed by atoms with Crippen LogP contribution >= 0.6 is 23.4 Å². The minimum atomic E-state index is -0.310. The Kier molecular flexibility index (Phi) is 5.65. The van der Waals surface area contributed by atoms with Gasteiger partial charge in [-0.05, 0) is 57.9 Å². The second-order valence-corrected chi connectivity index (χ2v) is 7.18. The summed E-state index contributed by atoms with van der Waals surface area (Å²) in [5.74, 6) is -0.0974. The molecule has 0 unspecified atom stereocenters. The summed E-state index contributed by atoms with van der Waals surface area (Å²) >= 11 is 7.43. The van der Waals surface area contributed by atoms with Crippen molar-refractivity contribution in [3.8, 4) is 0 Å². The van der Waals surface area contributed by atoms with Crippen LogP contribution in [0.25, 0.3) is 0 Å². The van der Waals surface area contributed by atoms with Crippen LogP contribution < -0.4 is 5.32 Å². The first kappa shape index (κ1) is 17.8. The normalized spacial score (nSPS) is 12.1. The van der Waals surface area contributed by atoms with Crippen LogP contribution in [0.2, 0.25) is 5.02 Å². The number of amides is 1. The maximum absolute atomic E-state index is 12.4. The topological polar surface area (TPSA) is 54.9 Å². The van der Waals surface area contributed by atoms with E-state index in [4.69, 9.17) is 11.6 Å². The predicted molar refractivity (Wildman–Crippen MR) is 96.4 cm³/mol. The molecule has 2 aromatic rings. The highest BCUT2D eigenvalue weighted by atomic mass is 35.5. The van der Waals surface area contributed by atoms with Gasteiger partial charge in [-0.2, -0.15) is 0 Å². The second-order valence-electron chi connectivity index (χ2n) is 5.46. The quantitative estimate of drug-likeness (QED) is 0.653. The molecule has 4 nitrogen and oxygen atoms in total. The predicted octanol–water partition coefficient (Wildman–Crippen LogP) is 4.48. The van der Waals surface area contributed by atoms with Gasteiger partial charge in [0.25, 0.3) is 0 Å². The molecule has 1 N–H and O–H groups in total. The molecular formula is C17H20ClN3OS. The molecule has 1 aromatic heterocycles. The fourth-order valence-electron chi connectivity index (χ4n) is 1.98. The number of hydrogen-bond acceptors (Lipinski definition) is 4. The second kappa shape index (κ2) is 7.32. The average Bonchev–Trinajstić information content (AvgIpc) is 2.49. The summed E-state index contributed by atoms with van der Waals surface area (Å²) in [5.41, 5.74) is 4.56. The Hall–Kier alpha value is -1.59. The minimum Gasteiger partial charge on any atom is -0.325 e. The highest BCUT2D eigenvalue weighted by molar-refractivity contribution is 8.00. The Morgan fingerprint density at radius 1 is 1.13 bits per heavy atom. The van der Waals surface area contributed by atoms with Crippen molar-refractivity contribution in [1.82, 2.24) is 9.97 Å². The van der Waals surface area contributed by atoms with Crippen molar-refractivity contribution in [2.24, 2.45) is 0 Å². The van der Waals surface area contributed by atoms with Gasteiger partial charge >= 0.3 is 0 Å². The summed E-state index contributed by atoms with van der Waals surface area (Å²) in [6.07, 6.45) is 0. The van der Waals surface area contributed by atoms with E-state index in [0.717, 1.165) is 28.2 Å². The van der Waals surface area contributed by atoms with Crippen molar-refractivity contribution in [1.29, 1.82) is 0 Å². The third-order valence-corrected chi connectivity index (χ3v) is 5.16. The molecule has 0 fully saturated rings. The van der Waals surface area contributed by atoms with E-state index in [2.05, 4.69) is 15.3 Å². The van der Waals surface area contributed by atoms with Gasteiger partial charge in [0.15, 0.2) is 5.16 Å². The Morgan fingerprint density at radius 2 is 1.74 bits per heavy atom. The number of carbonyl (C=O) groups is 1. The van der Waals surface area contributed by atoms with Gasteiger partial charge in [0.2, 0.25) is 5.91 Å². The smallest absolute Gasteiger partial charge is 0.237 e. The lowest BCUT2D eigenvalue weighted by Crippen LogP contribution is -2.23. The molecule has 0 aliphatic heterocycles. The number of halogens is 1. The molecule has 0 radical (unpaired) electrons. The molecule has 1 heterocycles. The van der Waals surface area contributed by atoms with Gasteiger partial charge in [0.1, 0.15) is 0 Å². The molecule has 0 saturated carbocycles. The van der Waals surface area contributed by atoms with Crippen molar-refractivity contribution in [2.45, 2.75) is 45.0 Å². The molecule has 23 heavy (non-hydrogen) atoms.